The van der Waals surface area contributed by atoms with Crippen LogP contribution < -0.4 is 0 Å². The molecule has 0 N–H and O–H groups in total. The predicted octanol–water partition coefficient (Wildman–Crippen LogP) is 4.89. The first-order chi connectivity index (χ1) is 6.56. The summed E-state index contributed by atoms with van der Waals surface area (Å²) in [5.41, 5.74) is 2.57. The van der Waals surface area contributed by atoms with Crippen LogP contribution in [0.5, 0.6) is 0 Å². The molecule has 0 saturated carbocycles. The second-order valence-corrected chi connectivity index (χ2v) is 4.41. The van der Waals surface area contributed by atoms with Crippen molar-refractivity contribution >= 4 is 0 Å². The topological polar surface area (TPSA) is 0 Å². The molecule has 0 fully saturated rings. The van der Waals surface area contributed by atoms with E-state index in [9.17, 15) is 0 Å². The van der Waals surface area contributed by atoms with Crippen LogP contribution in [0, 0.1) is 5.92 Å². The Kier molecular flexibility index (Phi) is 7.18. The van der Waals surface area contributed by atoms with Gasteiger partial charge in [0.1, 0.15) is 0 Å². The summed E-state index contributed by atoms with van der Waals surface area (Å²) in [6, 6.07) is 0. The minimum absolute atomic E-state index is 0.741. The molecular weight excluding hydrogens is 168 g/mol. The van der Waals surface area contributed by atoms with Gasteiger partial charge in [-0.1, -0.05) is 17.2 Å². The molecule has 0 aromatic heterocycles. The van der Waals surface area contributed by atoms with Crippen LogP contribution in [0.15, 0.2) is 37.0 Å². The minimum Gasteiger partial charge on any atom is -0.103 e. The van der Waals surface area contributed by atoms with E-state index < -0.39 is 0 Å². The standard InChI is InChI=1S/C14H24/c1-6-7-8-9-14(10-12(2)3)11-13(4)5/h6,14H,1-2,4,7-11H2,3,5H3. The Morgan fingerprint density at radius 3 is 2.00 bits per heavy atom. The van der Waals surface area contributed by atoms with E-state index in [0.717, 1.165) is 25.2 Å². The Hall–Kier alpha value is -0.780. The van der Waals surface area contributed by atoms with Gasteiger partial charge in [-0.15, -0.1) is 19.7 Å². The number of hydrogen-bond donors (Lipinski definition) is 0. The van der Waals surface area contributed by atoms with Gasteiger partial charge in [0.05, 0.1) is 0 Å². The fraction of sp³-hybridized carbons (Fsp3) is 0.571. The van der Waals surface area contributed by atoms with E-state index in [1.54, 1.807) is 0 Å². The average molecular weight is 192 g/mol. The van der Waals surface area contributed by atoms with Gasteiger partial charge in [0.15, 0.2) is 0 Å². The fourth-order valence-corrected chi connectivity index (χ4v) is 1.81. The molecule has 0 rings (SSSR count). The third-order valence-electron chi connectivity index (χ3n) is 2.29. The molecule has 0 amide bonds. The van der Waals surface area contributed by atoms with Gasteiger partial charge in [-0.05, 0) is 51.9 Å². The molecule has 80 valence electrons. The van der Waals surface area contributed by atoms with Crippen molar-refractivity contribution in [1.29, 1.82) is 0 Å². The summed E-state index contributed by atoms with van der Waals surface area (Å²) in [5, 5.41) is 0. The number of allylic oxidation sites excluding steroid dienone is 3. The molecule has 0 saturated heterocycles. The van der Waals surface area contributed by atoms with Crippen molar-refractivity contribution in [3.63, 3.8) is 0 Å². The maximum Gasteiger partial charge on any atom is -0.0294 e. The second kappa shape index (κ2) is 7.61. The monoisotopic (exact) mass is 192 g/mol. The first-order valence-corrected chi connectivity index (χ1v) is 5.46. The first-order valence-electron chi connectivity index (χ1n) is 5.46. The van der Waals surface area contributed by atoms with Gasteiger partial charge in [0.25, 0.3) is 0 Å². The van der Waals surface area contributed by atoms with Crippen LogP contribution in [0.3, 0.4) is 0 Å². The lowest BCUT2D eigenvalue weighted by Gasteiger charge is -2.16. The normalized spacial score (nSPS) is 10.2. The second-order valence-electron chi connectivity index (χ2n) is 4.41. The first kappa shape index (κ1) is 13.2. The van der Waals surface area contributed by atoms with Gasteiger partial charge in [0, 0.05) is 0 Å². The molecule has 0 spiro atoms. The molecule has 0 aromatic carbocycles. The summed E-state index contributed by atoms with van der Waals surface area (Å²) in [6.45, 7) is 15.9. The highest BCUT2D eigenvalue weighted by molar-refractivity contribution is 4.96. The number of rotatable bonds is 8. The zero-order valence-electron chi connectivity index (χ0n) is 9.81. The molecule has 0 nitrogen and oxygen atoms in total. The fourth-order valence-electron chi connectivity index (χ4n) is 1.81. The SMILES string of the molecule is C=CCCCC(CC(=C)C)CC(=C)C. The summed E-state index contributed by atoms with van der Waals surface area (Å²) in [6.07, 6.45) is 7.93. The number of hydrogen-bond acceptors (Lipinski definition) is 0. The van der Waals surface area contributed by atoms with Crippen LogP contribution in [-0.2, 0) is 0 Å². The van der Waals surface area contributed by atoms with Gasteiger partial charge in [0.2, 0.25) is 0 Å². The van der Waals surface area contributed by atoms with Crippen molar-refractivity contribution in [1.82, 2.24) is 0 Å². The van der Waals surface area contributed by atoms with Crippen LogP contribution in [0.2, 0.25) is 0 Å². The van der Waals surface area contributed by atoms with Crippen LogP contribution in [0.4, 0.5) is 0 Å². The van der Waals surface area contributed by atoms with Gasteiger partial charge in [-0.3, -0.25) is 0 Å². The molecule has 0 heteroatoms. The molecule has 0 unspecified atom stereocenters. The van der Waals surface area contributed by atoms with E-state index in [-0.39, 0.29) is 0 Å². The molecule has 0 aliphatic heterocycles. The summed E-state index contributed by atoms with van der Waals surface area (Å²) < 4.78 is 0. The molecule has 0 radical (unpaired) electrons. The highest BCUT2D eigenvalue weighted by atomic mass is 14.1. The Morgan fingerprint density at radius 1 is 1.14 bits per heavy atom. The lowest BCUT2D eigenvalue weighted by atomic mass is 9.90. The Morgan fingerprint density at radius 2 is 1.64 bits per heavy atom. The van der Waals surface area contributed by atoms with Crippen LogP contribution in [0.25, 0.3) is 0 Å². The lowest BCUT2D eigenvalue weighted by Crippen LogP contribution is -2.01. The summed E-state index contributed by atoms with van der Waals surface area (Å²) in [4.78, 5) is 0. The molecule has 14 heavy (non-hydrogen) atoms. The smallest absolute Gasteiger partial charge is 0.0294 e. The van der Waals surface area contributed by atoms with Crippen molar-refractivity contribution in [3.05, 3.63) is 37.0 Å². The van der Waals surface area contributed by atoms with Crippen molar-refractivity contribution in [2.75, 3.05) is 0 Å². The molecule has 0 heterocycles. The van der Waals surface area contributed by atoms with Crippen molar-refractivity contribution in [2.24, 2.45) is 5.92 Å². The summed E-state index contributed by atoms with van der Waals surface area (Å²) >= 11 is 0. The molecule has 0 bridgehead atoms. The van der Waals surface area contributed by atoms with Crippen LogP contribution in [-0.4, -0.2) is 0 Å². The Bertz CT molecular complexity index is 182. The zero-order valence-corrected chi connectivity index (χ0v) is 9.81. The van der Waals surface area contributed by atoms with E-state index in [1.807, 2.05) is 6.08 Å². The van der Waals surface area contributed by atoms with Crippen molar-refractivity contribution in [2.45, 2.75) is 46.0 Å². The average Bonchev–Trinajstić information content (AvgIpc) is 2.02. The van der Waals surface area contributed by atoms with Gasteiger partial charge >= 0.3 is 0 Å². The highest BCUT2D eigenvalue weighted by Gasteiger charge is 2.08. The predicted molar refractivity (Wildman–Crippen MR) is 66.4 cm³/mol. The molecule has 0 aromatic rings. The van der Waals surface area contributed by atoms with E-state index in [1.165, 1.54) is 24.0 Å². The van der Waals surface area contributed by atoms with Gasteiger partial charge in [-0.2, -0.15) is 0 Å². The maximum absolute atomic E-state index is 3.98. The van der Waals surface area contributed by atoms with E-state index in [2.05, 4.69) is 33.6 Å². The quantitative estimate of drug-likeness (QED) is 0.379. The highest BCUT2D eigenvalue weighted by Crippen LogP contribution is 2.23. The van der Waals surface area contributed by atoms with Crippen LogP contribution >= 0.6 is 0 Å². The Labute approximate surface area is 89.4 Å². The van der Waals surface area contributed by atoms with E-state index in [0.29, 0.717) is 0 Å². The minimum atomic E-state index is 0.741. The summed E-state index contributed by atoms with van der Waals surface area (Å²) in [5.74, 6) is 0.741. The molecule has 0 atom stereocenters. The Balaban J connectivity index is 3.89. The third kappa shape index (κ3) is 7.85. The van der Waals surface area contributed by atoms with Gasteiger partial charge in [-0.25, -0.2) is 0 Å². The summed E-state index contributed by atoms with van der Waals surface area (Å²) in [7, 11) is 0. The molecule has 0 aliphatic carbocycles. The van der Waals surface area contributed by atoms with Crippen LogP contribution in [0.1, 0.15) is 46.0 Å². The van der Waals surface area contributed by atoms with E-state index in [4.69, 9.17) is 0 Å². The number of unbranched alkanes of at least 4 members (excludes halogenated alkanes) is 1. The molecule has 0 aliphatic rings. The van der Waals surface area contributed by atoms with E-state index >= 15 is 0 Å². The zero-order chi connectivity index (χ0) is 11.0. The third-order valence-corrected chi connectivity index (χ3v) is 2.29. The van der Waals surface area contributed by atoms with Crippen molar-refractivity contribution < 1.29 is 0 Å². The molecular formula is C14H24. The lowest BCUT2D eigenvalue weighted by molar-refractivity contribution is 0.463. The largest absolute Gasteiger partial charge is 0.103 e. The van der Waals surface area contributed by atoms with Gasteiger partial charge < -0.3 is 0 Å². The van der Waals surface area contributed by atoms with Crippen molar-refractivity contribution in [3.8, 4) is 0 Å². The maximum atomic E-state index is 3.98.